The number of benzene rings is 1. The first-order valence-electron chi connectivity index (χ1n) is 6.36. The Balaban J connectivity index is 2.24. The molecule has 0 saturated heterocycles. The highest BCUT2D eigenvalue weighted by Gasteiger charge is 2.19. The number of aryl methyl sites for hydroxylation is 1. The summed E-state index contributed by atoms with van der Waals surface area (Å²) in [6.45, 7) is 3.58. The van der Waals surface area contributed by atoms with Crippen LogP contribution in [-0.4, -0.2) is 28.4 Å². The predicted molar refractivity (Wildman–Crippen MR) is 75.8 cm³/mol. The molecular weight excluding hydrogens is 272 g/mol. The molecule has 2 aromatic rings. The van der Waals surface area contributed by atoms with E-state index in [1.54, 1.807) is 21.0 Å². The minimum Gasteiger partial charge on any atom is -0.497 e. The van der Waals surface area contributed by atoms with Crippen molar-refractivity contribution in [3.05, 3.63) is 46.6 Å². The molecule has 0 amide bonds. The van der Waals surface area contributed by atoms with E-state index in [1.165, 1.54) is 0 Å². The molecule has 1 aromatic carbocycles. The van der Waals surface area contributed by atoms with Gasteiger partial charge in [-0.1, -0.05) is 12.1 Å². The molecule has 0 saturated carbocycles. The molecule has 21 heavy (non-hydrogen) atoms. The van der Waals surface area contributed by atoms with E-state index < -0.39 is 5.97 Å². The smallest absolute Gasteiger partial charge is 0.341 e. The molecule has 0 aliphatic rings. The lowest BCUT2D eigenvalue weighted by atomic mass is 10.1. The largest absolute Gasteiger partial charge is 0.497 e. The van der Waals surface area contributed by atoms with Gasteiger partial charge in [0.15, 0.2) is 0 Å². The van der Waals surface area contributed by atoms with Crippen molar-refractivity contribution in [2.45, 2.75) is 20.5 Å². The molecule has 1 N–H and O–H groups in total. The van der Waals surface area contributed by atoms with Gasteiger partial charge in [-0.3, -0.25) is 0 Å². The second-order valence-electron chi connectivity index (χ2n) is 4.54. The molecule has 0 unspecified atom stereocenters. The number of carboxylic acids is 1. The maximum atomic E-state index is 11.3. The molecule has 6 heteroatoms. The van der Waals surface area contributed by atoms with Gasteiger partial charge in [-0.2, -0.15) is 5.10 Å². The van der Waals surface area contributed by atoms with Gasteiger partial charge in [0, 0.05) is 0 Å². The molecule has 0 aliphatic carbocycles. The summed E-state index contributed by atoms with van der Waals surface area (Å²) in [4.78, 5) is 11.3. The van der Waals surface area contributed by atoms with E-state index in [2.05, 4.69) is 10.2 Å². The van der Waals surface area contributed by atoms with Crippen molar-refractivity contribution >= 4 is 5.97 Å². The molecule has 0 aliphatic heterocycles. The fourth-order valence-corrected chi connectivity index (χ4v) is 1.85. The van der Waals surface area contributed by atoms with E-state index >= 15 is 0 Å². The van der Waals surface area contributed by atoms with Crippen molar-refractivity contribution in [2.24, 2.45) is 0 Å². The number of methoxy groups -OCH3 is 1. The van der Waals surface area contributed by atoms with Gasteiger partial charge in [0.2, 0.25) is 5.88 Å². The van der Waals surface area contributed by atoms with Crippen LogP contribution in [0.25, 0.3) is 0 Å². The Morgan fingerprint density at radius 2 is 2.05 bits per heavy atom. The van der Waals surface area contributed by atoms with Crippen molar-refractivity contribution in [1.82, 2.24) is 10.2 Å². The summed E-state index contributed by atoms with van der Waals surface area (Å²) >= 11 is 0. The zero-order valence-corrected chi connectivity index (χ0v) is 12.1. The maximum Gasteiger partial charge on any atom is 0.341 e. The number of hydrogen-bond donors (Lipinski definition) is 1. The molecule has 110 valence electrons. The molecule has 0 spiro atoms. The van der Waals surface area contributed by atoms with Gasteiger partial charge < -0.3 is 14.6 Å². The number of carboxylic acid groups (broad SMARTS) is 1. The minimum atomic E-state index is -1.08. The van der Waals surface area contributed by atoms with Gasteiger partial charge in [-0.25, -0.2) is 4.79 Å². The number of carbonyl (C=O) groups is 1. The van der Waals surface area contributed by atoms with Crippen LogP contribution in [0, 0.1) is 13.8 Å². The molecule has 6 nitrogen and oxygen atoms in total. The van der Waals surface area contributed by atoms with Crippen molar-refractivity contribution in [3.63, 3.8) is 0 Å². The summed E-state index contributed by atoms with van der Waals surface area (Å²) in [6, 6.07) is 7.33. The first-order valence-corrected chi connectivity index (χ1v) is 6.36. The standard InChI is InChI=1S/C15H16N2O4/c1-9-10(2)16-17-14(13(9)15(18)19)21-8-11-5-4-6-12(7-11)20-3/h4-7H,8H2,1-3H3,(H,18,19). The summed E-state index contributed by atoms with van der Waals surface area (Å²) in [7, 11) is 1.58. The lowest BCUT2D eigenvalue weighted by Crippen LogP contribution is -2.10. The van der Waals surface area contributed by atoms with Crippen LogP contribution in [0.4, 0.5) is 0 Å². The van der Waals surface area contributed by atoms with Crippen molar-refractivity contribution in [1.29, 1.82) is 0 Å². The van der Waals surface area contributed by atoms with Crippen molar-refractivity contribution in [2.75, 3.05) is 7.11 Å². The monoisotopic (exact) mass is 288 g/mol. The highest BCUT2D eigenvalue weighted by Crippen LogP contribution is 2.22. The van der Waals surface area contributed by atoms with E-state index in [9.17, 15) is 9.90 Å². The van der Waals surface area contributed by atoms with Crippen molar-refractivity contribution in [3.8, 4) is 11.6 Å². The van der Waals surface area contributed by atoms with E-state index in [0.29, 0.717) is 17.0 Å². The Morgan fingerprint density at radius 1 is 1.29 bits per heavy atom. The van der Waals surface area contributed by atoms with Gasteiger partial charge in [0.1, 0.15) is 17.9 Å². The number of aromatic carboxylic acids is 1. The van der Waals surface area contributed by atoms with E-state index in [0.717, 1.165) is 5.56 Å². The Hall–Kier alpha value is -2.63. The lowest BCUT2D eigenvalue weighted by Gasteiger charge is -2.11. The average Bonchev–Trinajstić information content (AvgIpc) is 2.48. The summed E-state index contributed by atoms with van der Waals surface area (Å²) < 4.78 is 10.6. The van der Waals surface area contributed by atoms with Crippen molar-refractivity contribution < 1.29 is 19.4 Å². The SMILES string of the molecule is COc1cccc(COc2nnc(C)c(C)c2C(=O)O)c1. The quantitative estimate of drug-likeness (QED) is 0.909. The lowest BCUT2D eigenvalue weighted by molar-refractivity contribution is 0.0689. The van der Waals surface area contributed by atoms with Gasteiger partial charge in [0.05, 0.1) is 12.8 Å². The van der Waals surface area contributed by atoms with Crippen LogP contribution in [0.1, 0.15) is 27.2 Å². The van der Waals surface area contributed by atoms with Crippen LogP contribution in [0.2, 0.25) is 0 Å². The Morgan fingerprint density at radius 3 is 2.71 bits per heavy atom. The molecular formula is C15H16N2O4. The topological polar surface area (TPSA) is 81.5 Å². The van der Waals surface area contributed by atoms with Crippen LogP contribution in [0.15, 0.2) is 24.3 Å². The first kappa shape index (κ1) is 14.8. The second-order valence-corrected chi connectivity index (χ2v) is 4.54. The van der Waals surface area contributed by atoms with Gasteiger partial charge in [-0.15, -0.1) is 5.10 Å². The third kappa shape index (κ3) is 3.28. The minimum absolute atomic E-state index is 0.0217. The van der Waals surface area contributed by atoms with Crippen LogP contribution in [0.5, 0.6) is 11.6 Å². The zero-order valence-electron chi connectivity index (χ0n) is 12.1. The van der Waals surface area contributed by atoms with Gasteiger partial charge >= 0.3 is 5.97 Å². The molecule has 0 radical (unpaired) electrons. The molecule has 0 bridgehead atoms. The summed E-state index contributed by atoms with van der Waals surface area (Å²) in [6.07, 6.45) is 0. The van der Waals surface area contributed by atoms with Crippen LogP contribution in [0.3, 0.4) is 0 Å². The fourth-order valence-electron chi connectivity index (χ4n) is 1.85. The first-order chi connectivity index (χ1) is 10.0. The van der Waals surface area contributed by atoms with Crippen LogP contribution < -0.4 is 9.47 Å². The molecule has 1 aromatic heterocycles. The number of hydrogen-bond acceptors (Lipinski definition) is 5. The summed E-state index contributed by atoms with van der Waals surface area (Å²) in [5, 5.41) is 17.0. The number of rotatable bonds is 5. The summed E-state index contributed by atoms with van der Waals surface area (Å²) in [5.74, 6) is -0.347. The van der Waals surface area contributed by atoms with Gasteiger partial charge in [-0.05, 0) is 37.1 Å². The van der Waals surface area contributed by atoms with E-state index in [4.69, 9.17) is 9.47 Å². The molecule has 1 heterocycles. The Bertz CT molecular complexity index is 671. The van der Waals surface area contributed by atoms with E-state index in [1.807, 2.05) is 24.3 Å². The van der Waals surface area contributed by atoms with E-state index in [-0.39, 0.29) is 18.1 Å². The predicted octanol–water partition coefficient (Wildman–Crippen LogP) is 2.38. The number of aromatic nitrogens is 2. The highest BCUT2D eigenvalue weighted by molar-refractivity contribution is 5.91. The van der Waals surface area contributed by atoms with Crippen LogP contribution in [-0.2, 0) is 6.61 Å². The highest BCUT2D eigenvalue weighted by atomic mass is 16.5. The average molecular weight is 288 g/mol. The fraction of sp³-hybridized carbons (Fsp3) is 0.267. The zero-order chi connectivity index (χ0) is 15.4. The maximum absolute atomic E-state index is 11.3. The Kier molecular flexibility index (Phi) is 4.37. The molecule has 0 fully saturated rings. The van der Waals surface area contributed by atoms with Gasteiger partial charge in [0.25, 0.3) is 0 Å². The number of nitrogens with zero attached hydrogens (tertiary/aromatic N) is 2. The third-order valence-electron chi connectivity index (χ3n) is 3.15. The Labute approximate surface area is 122 Å². The normalized spacial score (nSPS) is 10.2. The second kappa shape index (κ2) is 6.21. The summed E-state index contributed by atoms with van der Waals surface area (Å²) in [5.41, 5.74) is 2.02. The third-order valence-corrected chi connectivity index (χ3v) is 3.15. The molecule has 0 atom stereocenters. The van der Waals surface area contributed by atoms with Crippen LogP contribution >= 0.6 is 0 Å². The molecule has 2 rings (SSSR count). The number of ether oxygens (including phenoxy) is 2.